The molecule has 1 amide bonds. The Morgan fingerprint density at radius 3 is 2.35 bits per heavy atom. The van der Waals surface area contributed by atoms with Crippen molar-refractivity contribution in [2.24, 2.45) is 5.92 Å². The average Bonchev–Trinajstić information content (AvgIpc) is 3.09. The topological polar surface area (TPSA) is 38.8 Å². The molecule has 0 saturated carbocycles. The van der Waals surface area contributed by atoms with E-state index in [-0.39, 0.29) is 12.2 Å². The molecule has 0 spiro atoms. The lowest BCUT2D eigenvalue weighted by Gasteiger charge is -2.33. The summed E-state index contributed by atoms with van der Waals surface area (Å²) in [5.41, 5.74) is 0.673. The fraction of sp³-hybridized carbons (Fsp3) is 0.471. The average molecular weight is 356 g/mol. The lowest BCUT2D eigenvalue weighted by atomic mass is 9.96. The van der Waals surface area contributed by atoms with Crippen LogP contribution in [0.4, 0.5) is 0 Å². The van der Waals surface area contributed by atoms with Gasteiger partial charge >= 0.3 is 0 Å². The molecule has 2 heterocycles. The number of benzene rings is 1. The standard InChI is InChI=1S/C17H19Cl2NO3/c18-14-2-1-3-15(19)13(14)4-5-16(21)20-8-6-12(7-9-20)17-22-10-11-23-17/h1-5,12,17H,6-11H2/b5-4+. The van der Waals surface area contributed by atoms with E-state index in [0.29, 0.717) is 47.8 Å². The summed E-state index contributed by atoms with van der Waals surface area (Å²) in [5, 5.41) is 1.08. The molecule has 23 heavy (non-hydrogen) atoms. The second-order valence-electron chi connectivity index (χ2n) is 5.74. The van der Waals surface area contributed by atoms with Crippen molar-refractivity contribution in [1.29, 1.82) is 0 Å². The molecule has 0 aromatic heterocycles. The van der Waals surface area contributed by atoms with Gasteiger partial charge in [0.05, 0.1) is 13.2 Å². The van der Waals surface area contributed by atoms with Crippen LogP contribution in [0, 0.1) is 5.92 Å². The van der Waals surface area contributed by atoms with Gasteiger partial charge < -0.3 is 14.4 Å². The third-order valence-electron chi connectivity index (χ3n) is 4.28. The van der Waals surface area contributed by atoms with Crippen LogP contribution in [0.15, 0.2) is 24.3 Å². The summed E-state index contributed by atoms with van der Waals surface area (Å²) in [6.45, 7) is 2.77. The van der Waals surface area contributed by atoms with Gasteiger partial charge in [0.2, 0.25) is 5.91 Å². The van der Waals surface area contributed by atoms with E-state index in [1.54, 1.807) is 24.3 Å². The highest BCUT2D eigenvalue weighted by Crippen LogP contribution is 2.27. The van der Waals surface area contributed by atoms with Gasteiger partial charge in [-0.25, -0.2) is 0 Å². The number of hydrogen-bond acceptors (Lipinski definition) is 3. The molecule has 0 radical (unpaired) electrons. The van der Waals surface area contributed by atoms with Gasteiger partial charge in [0, 0.05) is 40.7 Å². The highest BCUT2D eigenvalue weighted by molar-refractivity contribution is 6.37. The van der Waals surface area contributed by atoms with Crippen molar-refractivity contribution in [1.82, 2.24) is 4.90 Å². The number of carbonyl (C=O) groups excluding carboxylic acids is 1. The summed E-state index contributed by atoms with van der Waals surface area (Å²) in [5.74, 6) is 0.358. The van der Waals surface area contributed by atoms with Crippen LogP contribution >= 0.6 is 23.2 Å². The van der Waals surface area contributed by atoms with Gasteiger partial charge in [-0.05, 0) is 31.1 Å². The van der Waals surface area contributed by atoms with E-state index in [9.17, 15) is 4.79 Å². The largest absolute Gasteiger partial charge is 0.350 e. The molecule has 6 heteroatoms. The van der Waals surface area contributed by atoms with E-state index < -0.39 is 0 Å². The van der Waals surface area contributed by atoms with Crippen LogP contribution in [0.25, 0.3) is 6.08 Å². The number of likely N-dealkylation sites (tertiary alicyclic amines) is 1. The van der Waals surface area contributed by atoms with Crippen LogP contribution in [0.2, 0.25) is 10.0 Å². The molecule has 0 bridgehead atoms. The molecule has 1 aromatic carbocycles. The second-order valence-corrected chi connectivity index (χ2v) is 6.56. The Kier molecular flexibility index (Phi) is 5.59. The molecule has 3 rings (SSSR count). The van der Waals surface area contributed by atoms with Crippen molar-refractivity contribution >= 4 is 35.2 Å². The Labute approximate surface area is 145 Å². The van der Waals surface area contributed by atoms with Gasteiger partial charge in [-0.15, -0.1) is 0 Å². The summed E-state index contributed by atoms with van der Waals surface area (Å²) < 4.78 is 11.1. The number of halogens is 2. The maximum atomic E-state index is 12.3. The number of carbonyl (C=O) groups is 1. The smallest absolute Gasteiger partial charge is 0.246 e. The first-order chi connectivity index (χ1) is 11.1. The first-order valence-electron chi connectivity index (χ1n) is 7.79. The lowest BCUT2D eigenvalue weighted by Crippen LogP contribution is -2.40. The lowest BCUT2D eigenvalue weighted by molar-refractivity contribution is -0.131. The van der Waals surface area contributed by atoms with Crippen LogP contribution in [0.5, 0.6) is 0 Å². The molecular formula is C17H19Cl2NO3. The zero-order valence-corrected chi connectivity index (χ0v) is 14.2. The molecule has 2 saturated heterocycles. The van der Waals surface area contributed by atoms with E-state index in [1.807, 2.05) is 4.90 Å². The van der Waals surface area contributed by atoms with Crippen molar-refractivity contribution in [3.05, 3.63) is 39.9 Å². The Hall–Kier alpha value is -1.07. The fourth-order valence-electron chi connectivity index (χ4n) is 2.97. The maximum absolute atomic E-state index is 12.3. The Bertz CT molecular complexity index is 571. The number of piperidine rings is 1. The van der Waals surface area contributed by atoms with Crippen LogP contribution in [0.1, 0.15) is 18.4 Å². The molecule has 124 valence electrons. The number of hydrogen-bond donors (Lipinski definition) is 0. The van der Waals surface area contributed by atoms with E-state index in [0.717, 1.165) is 12.8 Å². The van der Waals surface area contributed by atoms with Gasteiger partial charge in [0.25, 0.3) is 0 Å². The normalized spacial score (nSPS) is 20.5. The molecule has 1 aromatic rings. The van der Waals surface area contributed by atoms with E-state index in [4.69, 9.17) is 32.7 Å². The van der Waals surface area contributed by atoms with Crippen molar-refractivity contribution in [2.45, 2.75) is 19.1 Å². The zero-order valence-electron chi connectivity index (χ0n) is 12.7. The summed E-state index contributed by atoms with van der Waals surface area (Å²) in [6.07, 6.45) is 4.93. The summed E-state index contributed by atoms with van der Waals surface area (Å²) >= 11 is 12.2. The van der Waals surface area contributed by atoms with Crippen LogP contribution < -0.4 is 0 Å². The fourth-order valence-corrected chi connectivity index (χ4v) is 3.49. The predicted octanol–water partition coefficient (Wildman–Crippen LogP) is 3.62. The Balaban J connectivity index is 1.56. The molecule has 2 aliphatic heterocycles. The van der Waals surface area contributed by atoms with E-state index >= 15 is 0 Å². The molecule has 2 fully saturated rings. The number of ether oxygens (including phenoxy) is 2. The second kappa shape index (κ2) is 7.67. The SMILES string of the molecule is O=C(/C=C/c1c(Cl)cccc1Cl)N1CCC(C2OCCO2)CC1. The summed E-state index contributed by atoms with van der Waals surface area (Å²) in [6, 6.07) is 5.29. The van der Waals surface area contributed by atoms with Crippen LogP contribution in [-0.4, -0.2) is 43.4 Å². The quantitative estimate of drug-likeness (QED) is 0.777. The summed E-state index contributed by atoms with van der Waals surface area (Å²) in [4.78, 5) is 14.2. The van der Waals surface area contributed by atoms with Gasteiger partial charge in [-0.3, -0.25) is 4.79 Å². The molecule has 2 aliphatic rings. The van der Waals surface area contributed by atoms with Gasteiger partial charge in [-0.1, -0.05) is 29.3 Å². The molecule has 4 nitrogen and oxygen atoms in total. The van der Waals surface area contributed by atoms with Crippen molar-refractivity contribution in [3.63, 3.8) is 0 Å². The highest BCUT2D eigenvalue weighted by Gasteiger charge is 2.31. The van der Waals surface area contributed by atoms with Crippen LogP contribution in [0.3, 0.4) is 0 Å². The monoisotopic (exact) mass is 355 g/mol. The predicted molar refractivity (Wildman–Crippen MR) is 90.5 cm³/mol. The minimum Gasteiger partial charge on any atom is -0.350 e. The number of rotatable bonds is 3. The first-order valence-corrected chi connectivity index (χ1v) is 8.55. The zero-order chi connectivity index (χ0) is 16.2. The van der Waals surface area contributed by atoms with Crippen molar-refractivity contribution in [2.75, 3.05) is 26.3 Å². The van der Waals surface area contributed by atoms with Crippen molar-refractivity contribution in [3.8, 4) is 0 Å². The Morgan fingerprint density at radius 2 is 1.74 bits per heavy atom. The molecule has 0 aliphatic carbocycles. The van der Waals surface area contributed by atoms with Gasteiger partial charge in [-0.2, -0.15) is 0 Å². The number of amides is 1. The van der Waals surface area contributed by atoms with Crippen LogP contribution in [-0.2, 0) is 14.3 Å². The minimum atomic E-state index is -0.0928. The first kappa shape index (κ1) is 16.8. The Morgan fingerprint density at radius 1 is 1.13 bits per heavy atom. The van der Waals surface area contributed by atoms with Gasteiger partial charge in [0.1, 0.15) is 0 Å². The van der Waals surface area contributed by atoms with Gasteiger partial charge in [0.15, 0.2) is 6.29 Å². The highest BCUT2D eigenvalue weighted by atomic mass is 35.5. The molecule has 0 atom stereocenters. The third kappa shape index (κ3) is 4.07. The molecular weight excluding hydrogens is 337 g/mol. The molecule has 0 N–H and O–H groups in total. The van der Waals surface area contributed by atoms with Crippen molar-refractivity contribution < 1.29 is 14.3 Å². The summed E-state index contributed by atoms with van der Waals surface area (Å²) in [7, 11) is 0. The maximum Gasteiger partial charge on any atom is 0.246 e. The molecule has 0 unspecified atom stereocenters. The number of nitrogens with zero attached hydrogens (tertiary/aromatic N) is 1. The minimum absolute atomic E-state index is 0.0207. The van der Waals surface area contributed by atoms with E-state index in [2.05, 4.69) is 0 Å². The third-order valence-corrected chi connectivity index (χ3v) is 4.94. The van der Waals surface area contributed by atoms with E-state index in [1.165, 1.54) is 6.08 Å².